The number of hydrogen-bond acceptors (Lipinski definition) is 4. The summed E-state index contributed by atoms with van der Waals surface area (Å²) in [5.41, 5.74) is 0.428. The molecule has 0 amide bonds. The molecule has 0 bridgehead atoms. The molecule has 0 saturated heterocycles. The Kier molecular flexibility index (Phi) is 4.06. The SMILES string of the molecule is Cn1c(SCC(C(=O)O)c2ccccc2)n[nH]c1=O. The van der Waals surface area contributed by atoms with Crippen LogP contribution in [0, 0.1) is 0 Å². The molecule has 0 aliphatic carbocycles. The van der Waals surface area contributed by atoms with Crippen LogP contribution in [0.25, 0.3) is 0 Å². The van der Waals surface area contributed by atoms with Crippen molar-refractivity contribution in [2.24, 2.45) is 7.05 Å². The molecule has 19 heavy (non-hydrogen) atoms. The highest BCUT2D eigenvalue weighted by Crippen LogP contribution is 2.24. The molecule has 1 heterocycles. The maximum absolute atomic E-state index is 11.3. The molecule has 7 heteroatoms. The standard InChI is InChI=1S/C12H13N3O3S/c1-15-11(18)13-14-12(15)19-7-9(10(16)17)8-5-3-2-4-6-8/h2-6,9H,7H2,1H3,(H,13,18)(H,16,17). The summed E-state index contributed by atoms with van der Waals surface area (Å²) in [6.07, 6.45) is 0. The second kappa shape index (κ2) is 5.75. The summed E-state index contributed by atoms with van der Waals surface area (Å²) in [5.74, 6) is -1.20. The number of H-pyrrole nitrogens is 1. The van der Waals surface area contributed by atoms with Gasteiger partial charge in [0, 0.05) is 12.8 Å². The van der Waals surface area contributed by atoms with Crippen molar-refractivity contribution < 1.29 is 9.90 Å². The largest absolute Gasteiger partial charge is 0.481 e. The van der Waals surface area contributed by atoms with Gasteiger partial charge in [-0.15, -0.1) is 5.10 Å². The van der Waals surface area contributed by atoms with Crippen molar-refractivity contribution in [3.8, 4) is 0 Å². The van der Waals surface area contributed by atoms with Gasteiger partial charge in [0.15, 0.2) is 5.16 Å². The van der Waals surface area contributed by atoms with E-state index in [0.717, 1.165) is 5.56 Å². The van der Waals surface area contributed by atoms with E-state index in [-0.39, 0.29) is 5.69 Å². The molecule has 2 N–H and O–H groups in total. The van der Waals surface area contributed by atoms with E-state index in [4.69, 9.17) is 0 Å². The van der Waals surface area contributed by atoms with Gasteiger partial charge in [-0.2, -0.15) is 0 Å². The van der Waals surface area contributed by atoms with Gasteiger partial charge in [-0.25, -0.2) is 9.89 Å². The molecule has 100 valence electrons. The smallest absolute Gasteiger partial charge is 0.343 e. The molecule has 2 rings (SSSR count). The fourth-order valence-electron chi connectivity index (χ4n) is 1.61. The zero-order valence-corrected chi connectivity index (χ0v) is 11.1. The molecule has 0 aliphatic rings. The number of carbonyl (C=O) groups is 1. The number of aromatic amines is 1. The molecular weight excluding hydrogens is 266 g/mol. The predicted molar refractivity (Wildman–Crippen MR) is 71.4 cm³/mol. The van der Waals surface area contributed by atoms with Crippen LogP contribution in [0.4, 0.5) is 0 Å². The number of carboxylic acids is 1. The summed E-state index contributed by atoms with van der Waals surface area (Å²) in [6.45, 7) is 0. The topological polar surface area (TPSA) is 88.0 Å². The maximum Gasteiger partial charge on any atom is 0.343 e. The molecule has 1 aromatic carbocycles. The van der Waals surface area contributed by atoms with Gasteiger partial charge in [0.2, 0.25) is 0 Å². The number of hydrogen-bond donors (Lipinski definition) is 2. The first-order valence-electron chi connectivity index (χ1n) is 5.61. The second-order valence-electron chi connectivity index (χ2n) is 3.98. The van der Waals surface area contributed by atoms with Crippen LogP contribution in [0.5, 0.6) is 0 Å². The van der Waals surface area contributed by atoms with Gasteiger partial charge in [0.1, 0.15) is 0 Å². The summed E-state index contributed by atoms with van der Waals surface area (Å²) in [5, 5.41) is 15.9. The van der Waals surface area contributed by atoms with Crippen molar-refractivity contribution >= 4 is 17.7 Å². The first kappa shape index (κ1) is 13.4. The third-order valence-corrected chi connectivity index (χ3v) is 3.84. The third-order valence-electron chi connectivity index (χ3n) is 2.72. The van der Waals surface area contributed by atoms with Crippen LogP contribution in [0.1, 0.15) is 11.5 Å². The van der Waals surface area contributed by atoms with Crippen LogP contribution in [0.2, 0.25) is 0 Å². The molecule has 0 aliphatic heterocycles. The average molecular weight is 279 g/mol. The fraction of sp³-hybridized carbons (Fsp3) is 0.250. The lowest BCUT2D eigenvalue weighted by Crippen LogP contribution is -2.16. The molecule has 1 aromatic heterocycles. The van der Waals surface area contributed by atoms with Crippen molar-refractivity contribution in [3.63, 3.8) is 0 Å². The van der Waals surface area contributed by atoms with Gasteiger partial charge in [0.25, 0.3) is 0 Å². The van der Waals surface area contributed by atoms with Crippen LogP contribution in [0.3, 0.4) is 0 Å². The number of aromatic nitrogens is 3. The molecule has 1 atom stereocenters. The summed E-state index contributed by atoms with van der Waals surface area (Å²) in [6, 6.07) is 9.01. The highest BCUT2D eigenvalue weighted by molar-refractivity contribution is 7.99. The monoisotopic (exact) mass is 279 g/mol. The summed E-state index contributed by atoms with van der Waals surface area (Å²) >= 11 is 1.24. The second-order valence-corrected chi connectivity index (χ2v) is 4.97. The van der Waals surface area contributed by atoms with Crippen LogP contribution in [-0.4, -0.2) is 31.6 Å². The summed E-state index contributed by atoms with van der Waals surface area (Å²) < 4.78 is 1.36. The average Bonchev–Trinajstić information content (AvgIpc) is 2.72. The summed E-state index contributed by atoms with van der Waals surface area (Å²) in [4.78, 5) is 22.5. The Hall–Kier alpha value is -2.02. The Balaban J connectivity index is 2.13. The van der Waals surface area contributed by atoms with Gasteiger partial charge in [-0.05, 0) is 5.56 Å². The minimum absolute atomic E-state index is 0.311. The molecule has 0 radical (unpaired) electrons. The lowest BCUT2D eigenvalue weighted by molar-refractivity contribution is -0.138. The molecule has 2 aromatic rings. The van der Waals surface area contributed by atoms with Crippen molar-refractivity contribution in [2.75, 3.05) is 5.75 Å². The van der Waals surface area contributed by atoms with Gasteiger partial charge < -0.3 is 5.11 Å². The quantitative estimate of drug-likeness (QED) is 0.799. The lowest BCUT2D eigenvalue weighted by atomic mass is 10.0. The molecule has 6 nitrogen and oxygen atoms in total. The normalized spacial score (nSPS) is 12.3. The zero-order valence-electron chi connectivity index (χ0n) is 10.2. The Morgan fingerprint density at radius 3 is 2.68 bits per heavy atom. The molecule has 1 unspecified atom stereocenters. The number of rotatable bonds is 5. The molecule has 0 spiro atoms. The first-order valence-corrected chi connectivity index (χ1v) is 6.60. The maximum atomic E-state index is 11.3. The van der Waals surface area contributed by atoms with Crippen molar-refractivity contribution in [1.29, 1.82) is 0 Å². The van der Waals surface area contributed by atoms with Gasteiger partial charge >= 0.3 is 11.7 Å². The van der Waals surface area contributed by atoms with Crippen molar-refractivity contribution in [3.05, 3.63) is 46.4 Å². The lowest BCUT2D eigenvalue weighted by Gasteiger charge is -2.11. The minimum Gasteiger partial charge on any atom is -0.481 e. The van der Waals surface area contributed by atoms with E-state index in [1.807, 2.05) is 6.07 Å². The Morgan fingerprint density at radius 1 is 1.47 bits per heavy atom. The van der Waals surface area contributed by atoms with Gasteiger partial charge in [0.05, 0.1) is 5.92 Å². The number of benzene rings is 1. The van der Waals surface area contributed by atoms with Gasteiger partial charge in [-0.3, -0.25) is 9.36 Å². The van der Waals surface area contributed by atoms with E-state index in [9.17, 15) is 14.7 Å². The van der Waals surface area contributed by atoms with E-state index in [2.05, 4.69) is 10.2 Å². The Labute approximate surface area is 113 Å². The highest BCUT2D eigenvalue weighted by atomic mass is 32.2. The van der Waals surface area contributed by atoms with Gasteiger partial charge in [-0.1, -0.05) is 42.1 Å². The number of aliphatic carboxylic acids is 1. The Bertz CT molecular complexity index is 621. The van der Waals surface area contributed by atoms with E-state index in [1.165, 1.54) is 16.3 Å². The third kappa shape index (κ3) is 3.05. The van der Waals surface area contributed by atoms with E-state index < -0.39 is 11.9 Å². The number of carboxylic acid groups (broad SMARTS) is 1. The highest BCUT2D eigenvalue weighted by Gasteiger charge is 2.21. The molecule has 0 fully saturated rings. The number of nitrogens with one attached hydrogen (secondary N) is 1. The zero-order chi connectivity index (χ0) is 13.8. The van der Waals surface area contributed by atoms with Crippen LogP contribution >= 0.6 is 11.8 Å². The molecule has 0 saturated carbocycles. The summed E-state index contributed by atoms with van der Waals surface area (Å²) in [7, 11) is 1.59. The number of thioether (sulfide) groups is 1. The van der Waals surface area contributed by atoms with Crippen LogP contribution in [-0.2, 0) is 11.8 Å². The number of nitrogens with zero attached hydrogens (tertiary/aromatic N) is 2. The fourth-order valence-corrected chi connectivity index (χ4v) is 2.65. The van der Waals surface area contributed by atoms with Crippen molar-refractivity contribution in [2.45, 2.75) is 11.1 Å². The van der Waals surface area contributed by atoms with Crippen molar-refractivity contribution in [1.82, 2.24) is 14.8 Å². The van der Waals surface area contributed by atoms with E-state index in [1.54, 1.807) is 31.3 Å². The van der Waals surface area contributed by atoms with Crippen LogP contribution < -0.4 is 5.69 Å². The van der Waals surface area contributed by atoms with E-state index in [0.29, 0.717) is 10.9 Å². The Morgan fingerprint density at radius 2 is 2.16 bits per heavy atom. The minimum atomic E-state index is -0.890. The van der Waals surface area contributed by atoms with Crippen LogP contribution in [0.15, 0.2) is 40.3 Å². The van der Waals surface area contributed by atoms with E-state index >= 15 is 0 Å². The molecular formula is C12H13N3O3S. The predicted octanol–water partition coefficient (Wildman–Crippen LogP) is 1.07. The first-order chi connectivity index (χ1) is 9.09.